The van der Waals surface area contributed by atoms with Crippen molar-refractivity contribution in [2.75, 3.05) is 0 Å². The number of rotatable bonds is 1. The molecule has 0 unspecified atom stereocenters. The number of ketones is 2. The summed E-state index contributed by atoms with van der Waals surface area (Å²) in [4.78, 5) is 27.6. The molecule has 0 amide bonds. The Labute approximate surface area is 186 Å². The zero-order valence-electron chi connectivity index (χ0n) is 17.4. The molecule has 1 spiro atoms. The third kappa shape index (κ3) is 1.80. The highest BCUT2D eigenvalue weighted by Gasteiger charge is 2.70. The first-order chi connectivity index (χ1) is 15.7. The van der Waals surface area contributed by atoms with Gasteiger partial charge in [0.1, 0.15) is 0 Å². The Hall–Kier alpha value is -3.78. The van der Waals surface area contributed by atoms with Gasteiger partial charge in [0, 0.05) is 23.0 Å². The van der Waals surface area contributed by atoms with Gasteiger partial charge in [-0.3, -0.25) is 9.59 Å². The zero-order valence-corrected chi connectivity index (χ0v) is 17.4. The van der Waals surface area contributed by atoms with E-state index in [0.717, 1.165) is 38.9 Å². The van der Waals surface area contributed by atoms with E-state index in [0.29, 0.717) is 6.42 Å². The predicted octanol–water partition coefficient (Wildman–Crippen LogP) is 5.72. The second-order valence-corrected chi connectivity index (χ2v) is 9.18. The van der Waals surface area contributed by atoms with Crippen LogP contribution in [0.2, 0.25) is 0 Å². The SMILES string of the molecule is O=C1C[C@@]2(c3ccccc31)c1ccccc1[C@@]1(c3ccccc3)c3ccccc3C(=O)[C@@H]21. The fraction of sp³-hybridized carbons (Fsp3) is 0.133. The number of carbonyl (C=O) groups excluding carboxylic acids is 2. The minimum atomic E-state index is -0.657. The first kappa shape index (κ1) is 17.9. The molecule has 2 heteroatoms. The van der Waals surface area contributed by atoms with Gasteiger partial charge in [-0.1, -0.05) is 103 Å². The fourth-order valence-electron chi connectivity index (χ4n) is 7.05. The molecule has 0 N–H and O–H groups in total. The van der Waals surface area contributed by atoms with Crippen LogP contribution < -0.4 is 0 Å². The van der Waals surface area contributed by atoms with E-state index < -0.39 is 10.8 Å². The van der Waals surface area contributed by atoms with Crippen molar-refractivity contribution in [1.29, 1.82) is 0 Å². The summed E-state index contributed by atoms with van der Waals surface area (Å²) >= 11 is 0. The summed E-state index contributed by atoms with van der Waals surface area (Å²) in [6.07, 6.45) is 0.336. The van der Waals surface area contributed by atoms with Crippen LogP contribution in [0.5, 0.6) is 0 Å². The van der Waals surface area contributed by atoms with Crippen molar-refractivity contribution in [2.45, 2.75) is 17.3 Å². The van der Waals surface area contributed by atoms with Crippen molar-refractivity contribution < 1.29 is 9.59 Å². The molecule has 0 heterocycles. The lowest BCUT2D eigenvalue weighted by molar-refractivity contribution is 0.0849. The minimum Gasteiger partial charge on any atom is -0.294 e. The summed E-state index contributed by atoms with van der Waals surface area (Å²) in [6.45, 7) is 0. The molecule has 152 valence electrons. The molecular weight excluding hydrogens is 392 g/mol. The molecule has 0 bridgehead atoms. The normalized spacial score (nSPS) is 26.7. The van der Waals surface area contributed by atoms with Gasteiger partial charge < -0.3 is 0 Å². The fourth-order valence-corrected chi connectivity index (χ4v) is 7.05. The maximum atomic E-state index is 14.3. The molecule has 0 saturated heterocycles. The molecule has 3 aliphatic carbocycles. The van der Waals surface area contributed by atoms with Gasteiger partial charge in [0.25, 0.3) is 0 Å². The molecule has 32 heavy (non-hydrogen) atoms. The van der Waals surface area contributed by atoms with Crippen LogP contribution in [0.25, 0.3) is 0 Å². The molecule has 2 nitrogen and oxygen atoms in total. The highest BCUT2D eigenvalue weighted by atomic mass is 16.1. The number of fused-ring (bicyclic) bond motifs is 9. The van der Waals surface area contributed by atoms with Crippen molar-refractivity contribution >= 4 is 11.6 Å². The van der Waals surface area contributed by atoms with Crippen molar-refractivity contribution in [3.05, 3.63) is 142 Å². The van der Waals surface area contributed by atoms with Gasteiger partial charge >= 0.3 is 0 Å². The Kier molecular flexibility index (Phi) is 3.30. The lowest BCUT2D eigenvalue weighted by Gasteiger charge is -2.37. The Bertz CT molecular complexity index is 1450. The first-order valence-electron chi connectivity index (χ1n) is 11.1. The van der Waals surface area contributed by atoms with Gasteiger partial charge in [-0.2, -0.15) is 0 Å². The third-order valence-electron chi connectivity index (χ3n) is 8.01. The zero-order chi connectivity index (χ0) is 21.5. The molecule has 3 aliphatic rings. The Morgan fingerprint density at radius 3 is 1.88 bits per heavy atom. The molecule has 0 fully saturated rings. The largest absolute Gasteiger partial charge is 0.294 e. The lowest BCUT2D eigenvalue weighted by atomic mass is 9.61. The minimum absolute atomic E-state index is 0.128. The maximum Gasteiger partial charge on any atom is 0.169 e. The lowest BCUT2D eigenvalue weighted by Crippen LogP contribution is -2.42. The quantitative estimate of drug-likeness (QED) is 0.401. The summed E-state index contributed by atoms with van der Waals surface area (Å²) in [5.41, 5.74) is 5.73. The van der Waals surface area contributed by atoms with Crippen LogP contribution in [0.15, 0.2) is 103 Å². The first-order valence-corrected chi connectivity index (χ1v) is 11.1. The van der Waals surface area contributed by atoms with Crippen LogP contribution in [0.1, 0.15) is 55.0 Å². The number of hydrogen-bond donors (Lipinski definition) is 0. The maximum absolute atomic E-state index is 14.3. The van der Waals surface area contributed by atoms with Crippen molar-refractivity contribution in [3.8, 4) is 0 Å². The molecule has 4 aromatic carbocycles. The molecule has 7 rings (SSSR count). The molecule has 0 aromatic heterocycles. The van der Waals surface area contributed by atoms with E-state index in [-0.39, 0.29) is 17.5 Å². The number of hydrogen-bond acceptors (Lipinski definition) is 2. The van der Waals surface area contributed by atoms with E-state index >= 15 is 0 Å². The molecule has 0 radical (unpaired) electrons. The number of benzene rings is 4. The standard InChI is InChI=1S/C30H20O2/c31-26-18-29(22-14-6-4-12-20(22)26)24-16-8-9-17-25(24)30(19-10-2-1-3-11-19)23-15-7-5-13-21(23)27(32)28(29)30/h1-17,28H,18H2/t28-,29+,30+/m0/s1. The van der Waals surface area contributed by atoms with E-state index in [2.05, 4.69) is 42.5 Å². The Balaban J connectivity index is 1.69. The Morgan fingerprint density at radius 1 is 0.562 bits per heavy atom. The van der Waals surface area contributed by atoms with E-state index in [1.807, 2.05) is 60.7 Å². The topological polar surface area (TPSA) is 34.1 Å². The Morgan fingerprint density at radius 2 is 1.12 bits per heavy atom. The van der Waals surface area contributed by atoms with Gasteiger partial charge in [0.2, 0.25) is 0 Å². The van der Waals surface area contributed by atoms with Gasteiger partial charge in [-0.15, -0.1) is 0 Å². The summed E-state index contributed by atoms with van der Waals surface area (Å²) in [6, 6.07) is 34.8. The van der Waals surface area contributed by atoms with Gasteiger partial charge in [0.15, 0.2) is 11.6 Å². The van der Waals surface area contributed by atoms with Crippen LogP contribution in [0.3, 0.4) is 0 Å². The van der Waals surface area contributed by atoms with Crippen LogP contribution in [0, 0.1) is 5.92 Å². The third-order valence-corrected chi connectivity index (χ3v) is 8.01. The second kappa shape index (κ2) is 5.92. The monoisotopic (exact) mass is 412 g/mol. The molecule has 3 atom stereocenters. The molecule has 4 aromatic rings. The van der Waals surface area contributed by atoms with E-state index in [1.165, 1.54) is 0 Å². The average molecular weight is 412 g/mol. The molecular formula is C30H20O2. The van der Waals surface area contributed by atoms with Gasteiger partial charge in [-0.25, -0.2) is 0 Å². The molecule has 0 saturated carbocycles. The smallest absolute Gasteiger partial charge is 0.169 e. The van der Waals surface area contributed by atoms with Crippen LogP contribution in [0.4, 0.5) is 0 Å². The second-order valence-electron chi connectivity index (χ2n) is 9.18. The summed E-state index contributed by atoms with van der Waals surface area (Å²) < 4.78 is 0. The van der Waals surface area contributed by atoms with Gasteiger partial charge in [0.05, 0.1) is 11.3 Å². The van der Waals surface area contributed by atoms with Crippen LogP contribution >= 0.6 is 0 Å². The van der Waals surface area contributed by atoms with E-state index in [1.54, 1.807) is 0 Å². The predicted molar refractivity (Wildman–Crippen MR) is 123 cm³/mol. The average Bonchev–Trinajstić information content (AvgIpc) is 3.40. The van der Waals surface area contributed by atoms with Crippen molar-refractivity contribution in [2.24, 2.45) is 5.92 Å². The highest BCUT2D eigenvalue weighted by Crippen LogP contribution is 2.69. The summed E-state index contributed by atoms with van der Waals surface area (Å²) in [5, 5.41) is 0. The number of carbonyl (C=O) groups is 2. The van der Waals surface area contributed by atoms with Gasteiger partial charge in [-0.05, 0) is 27.8 Å². The highest BCUT2D eigenvalue weighted by molar-refractivity contribution is 6.12. The van der Waals surface area contributed by atoms with E-state index in [9.17, 15) is 9.59 Å². The number of Topliss-reactive ketones (excluding diaryl/α,β-unsaturated/α-hetero) is 2. The van der Waals surface area contributed by atoms with Crippen molar-refractivity contribution in [3.63, 3.8) is 0 Å². The van der Waals surface area contributed by atoms with Crippen LogP contribution in [-0.2, 0) is 10.8 Å². The summed E-state index contributed by atoms with van der Waals surface area (Å²) in [5.74, 6) is -0.118. The van der Waals surface area contributed by atoms with E-state index in [4.69, 9.17) is 0 Å². The summed E-state index contributed by atoms with van der Waals surface area (Å²) in [7, 11) is 0. The molecule has 0 aliphatic heterocycles. The van der Waals surface area contributed by atoms with Crippen molar-refractivity contribution in [1.82, 2.24) is 0 Å². The van der Waals surface area contributed by atoms with Crippen LogP contribution in [-0.4, -0.2) is 11.6 Å².